The van der Waals surface area contributed by atoms with Crippen LogP contribution in [-0.4, -0.2) is 16.8 Å². The second kappa shape index (κ2) is 7.85. The Morgan fingerprint density at radius 3 is 1.97 bits per heavy atom. The largest absolute Gasteiger partial charge is 0.472 e. The van der Waals surface area contributed by atoms with Gasteiger partial charge in [0.15, 0.2) is 0 Å². The number of hydrazine groups is 1. The molecule has 2 N–H and O–H groups in total. The zero-order chi connectivity index (χ0) is 21.3. The monoisotopic (exact) mass is 400 g/mol. The quantitative estimate of drug-likeness (QED) is 0.226. The Kier molecular flexibility index (Phi) is 5.08. The van der Waals surface area contributed by atoms with Crippen molar-refractivity contribution in [2.24, 2.45) is 5.84 Å². The van der Waals surface area contributed by atoms with Gasteiger partial charge in [-0.15, -0.1) is 0 Å². The Morgan fingerprint density at radius 1 is 0.800 bits per heavy atom. The molecule has 0 saturated heterocycles. The molecular formula is C24H20N2O4. The molecule has 6 heteroatoms. The average Bonchev–Trinajstić information content (AvgIpc) is 3.44. The summed E-state index contributed by atoms with van der Waals surface area (Å²) in [5, 5.41) is 0.542. The van der Waals surface area contributed by atoms with Crippen LogP contribution in [0.15, 0.2) is 82.2 Å². The highest BCUT2D eigenvalue weighted by Gasteiger charge is 2.29. The van der Waals surface area contributed by atoms with Gasteiger partial charge in [-0.3, -0.25) is 9.59 Å². The number of aryl methyl sites for hydroxylation is 2. The molecule has 4 aromatic rings. The third-order valence-electron chi connectivity index (χ3n) is 4.89. The van der Waals surface area contributed by atoms with Crippen molar-refractivity contribution in [2.75, 3.05) is 0 Å². The number of hydrogen-bond acceptors (Lipinski definition) is 5. The van der Waals surface area contributed by atoms with Gasteiger partial charge in [-0.05, 0) is 31.0 Å². The van der Waals surface area contributed by atoms with Crippen LogP contribution in [0.1, 0.15) is 32.0 Å². The molecule has 0 saturated carbocycles. The lowest BCUT2D eigenvalue weighted by molar-refractivity contribution is 0.0596. The zero-order valence-corrected chi connectivity index (χ0v) is 16.6. The Hall–Kier alpha value is -3.90. The first-order chi connectivity index (χ1) is 14.5. The summed E-state index contributed by atoms with van der Waals surface area (Å²) in [6, 6.07) is 17.1. The van der Waals surface area contributed by atoms with E-state index >= 15 is 0 Å². The number of carbonyl (C=O) groups is 2. The van der Waals surface area contributed by atoms with Crippen LogP contribution in [0.5, 0.6) is 0 Å². The van der Waals surface area contributed by atoms with Gasteiger partial charge in [0.1, 0.15) is 6.26 Å². The highest BCUT2D eigenvalue weighted by atomic mass is 16.3. The SMILES string of the molecule is Cc1ccc(-c2coc(C(=O)N(N)C(=O)c3ccoc3)c2-c2ccc(C)cc2)cc1. The summed E-state index contributed by atoms with van der Waals surface area (Å²) in [4.78, 5) is 25.6. The smallest absolute Gasteiger partial charge is 0.311 e. The van der Waals surface area contributed by atoms with E-state index in [1.54, 1.807) is 0 Å². The first-order valence-corrected chi connectivity index (χ1v) is 9.37. The van der Waals surface area contributed by atoms with Gasteiger partial charge in [0.2, 0.25) is 5.76 Å². The van der Waals surface area contributed by atoms with Crippen LogP contribution in [0, 0.1) is 13.8 Å². The van der Waals surface area contributed by atoms with Crippen LogP contribution in [0.4, 0.5) is 0 Å². The van der Waals surface area contributed by atoms with E-state index in [-0.39, 0.29) is 11.3 Å². The fourth-order valence-corrected chi connectivity index (χ4v) is 3.19. The van der Waals surface area contributed by atoms with Gasteiger partial charge in [0.25, 0.3) is 5.91 Å². The lowest BCUT2D eigenvalue weighted by Gasteiger charge is -2.14. The van der Waals surface area contributed by atoms with E-state index in [4.69, 9.17) is 14.7 Å². The molecule has 150 valence electrons. The van der Waals surface area contributed by atoms with Crippen molar-refractivity contribution >= 4 is 11.8 Å². The van der Waals surface area contributed by atoms with E-state index in [2.05, 4.69) is 0 Å². The standard InChI is InChI=1S/C24H20N2O4/c1-15-3-7-17(8-4-15)20-14-30-22(21(20)18-9-5-16(2)6-10-18)24(28)26(25)23(27)19-11-12-29-13-19/h3-14H,25H2,1-2H3. The molecule has 0 unspecified atom stereocenters. The summed E-state index contributed by atoms with van der Waals surface area (Å²) >= 11 is 0. The van der Waals surface area contributed by atoms with Crippen molar-refractivity contribution in [3.63, 3.8) is 0 Å². The lowest BCUT2D eigenvalue weighted by atomic mass is 9.95. The maximum Gasteiger partial charge on any atom is 0.311 e. The molecule has 30 heavy (non-hydrogen) atoms. The molecule has 2 aromatic carbocycles. The summed E-state index contributed by atoms with van der Waals surface area (Å²) in [7, 11) is 0. The lowest BCUT2D eigenvalue weighted by Crippen LogP contribution is -2.42. The van der Waals surface area contributed by atoms with E-state index in [0.29, 0.717) is 10.6 Å². The molecule has 2 amide bonds. The van der Waals surface area contributed by atoms with E-state index in [1.165, 1.54) is 24.9 Å². The molecule has 0 bridgehead atoms. The maximum absolute atomic E-state index is 13.1. The molecule has 0 aliphatic rings. The van der Waals surface area contributed by atoms with Crippen molar-refractivity contribution in [1.82, 2.24) is 5.01 Å². The van der Waals surface area contributed by atoms with Gasteiger partial charge in [-0.1, -0.05) is 59.7 Å². The number of rotatable bonds is 4. The molecule has 0 radical (unpaired) electrons. The van der Waals surface area contributed by atoms with E-state index in [0.717, 1.165) is 27.8 Å². The summed E-state index contributed by atoms with van der Waals surface area (Å²) in [5.74, 6) is 4.43. The third-order valence-corrected chi connectivity index (χ3v) is 4.89. The summed E-state index contributed by atoms with van der Waals surface area (Å²) in [6.07, 6.45) is 4.09. The normalized spacial score (nSPS) is 10.8. The summed E-state index contributed by atoms with van der Waals surface area (Å²) in [5.41, 5.74) is 5.39. The molecule has 6 nitrogen and oxygen atoms in total. The molecule has 0 spiro atoms. The van der Waals surface area contributed by atoms with Crippen LogP contribution < -0.4 is 5.84 Å². The number of furan rings is 2. The molecule has 0 aliphatic carbocycles. The van der Waals surface area contributed by atoms with Crippen LogP contribution in [0.2, 0.25) is 0 Å². The van der Waals surface area contributed by atoms with Crippen LogP contribution in [0.3, 0.4) is 0 Å². The summed E-state index contributed by atoms with van der Waals surface area (Å²) < 4.78 is 10.6. The van der Waals surface area contributed by atoms with Gasteiger partial charge < -0.3 is 8.83 Å². The minimum atomic E-state index is -0.741. The van der Waals surface area contributed by atoms with Gasteiger partial charge in [-0.25, -0.2) is 10.9 Å². The number of benzene rings is 2. The van der Waals surface area contributed by atoms with Crippen molar-refractivity contribution in [3.05, 3.63) is 95.8 Å². The van der Waals surface area contributed by atoms with Crippen LogP contribution >= 0.6 is 0 Å². The zero-order valence-electron chi connectivity index (χ0n) is 16.6. The van der Waals surface area contributed by atoms with Crippen molar-refractivity contribution in [1.29, 1.82) is 0 Å². The number of imide groups is 1. The molecule has 4 rings (SSSR count). The molecule has 0 aliphatic heterocycles. The second-order valence-corrected chi connectivity index (χ2v) is 7.08. The topological polar surface area (TPSA) is 89.7 Å². The van der Waals surface area contributed by atoms with Gasteiger partial charge in [0.05, 0.1) is 18.1 Å². The Morgan fingerprint density at radius 2 is 1.40 bits per heavy atom. The third kappa shape index (κ3) is 3.56. The number of hydrogen-bond donors (Lipinski definition) is 1. The van der Waals surface area contributed by atoms with E-state index < -0.39 is 11.8 Å². The van der Waals surface area contributed by atoms with E-state index in [1.807, 2.05) is 62.4 Å². The Labute approximate surface area is 173 Å². The predicted molar refractivity (Wildman–Crippen MR) is 112 cm³/mol. The number of amides is 2. The average molecular weight is 400 g/mol. The molecule has 0 fully saturated rings. The highest BCUT2D eigenvalue weighted by molar-refractivity contribution is 6.12. The minimum absolute atomic E-state index is 0.00577. The first kappa shape index (κ1) is 19.4. The van der Waals surface area contributed by atoms with E-state index in [9.17, 15) is 9.59 Å². The number of nitrogens with two attached hydrogens (primary N) is 1. The van der Waals surface area contributed by atoms with Crippen LogP contribution in [0.25, 0.3) is 22.3 Å². The highest BCUT2D eigenvalue weighted by Crippen LogP contribution is 2.37. The Balaban J connectivity index is 1.81. The first-order valence-electron chi connectivity index (χ1n) is 9.37. The van der Waals surface area contributed by atoms with Gasteiger partial charge in [0, 0.05) is 11.1 Å². The molecule has 2 aromatic heterocycles. The number of carbonyl (C=O) groups excluding carboxylic acids is 2. The fourth-order valence-electron chi connectivity index (χ4n) is 3.19. The van der Waals surface area contributed by atoms with Crippen molar-refractivity contribution in [2.45, 2.75) is 13.8 Å². The molecule has 0 atom stereocenters. The molecular weight excluding hydrogens is 380 g/mol. The summed E-state index contributed by atoms with van der Waals surface area (Å²) in [6.45, 7) is 3.99. The van der Waals surface area contributed by atoms with Crippen LogP contribution in [-0.2, 0) is 0 Å². The fraction of sp³-hybridized carbons (Fsp3) is 0.0833. The van der Waals surface area contributed by atoms with Crippen molar-refractivity contribution in [3.8, 4) is 22.3 Å². The van der Waals surface area contributed by atoms with Crippen molar-refractivity contribution < 1.29 is 18.4 Å². The van der Waals surface area contributed by atoms with Gasteiger partial charge in [-0.2, -0.15) is 0 Å². The molecule has 2 heterocycles. The number of nitrogens with zero attached hydrogens (tertiary/aromatic N) is 1. The Bertz CT molecular complexity index is 1190. The second-order valence-electron chi connectivity index (χ2n) is 7.08. The predicted octanol–water partition coefficient (Wildman–Crippen LogP) is 4.98. The maximum atomic E-state index is 13.1. The minimum Gasteiger partial charge on any atom is -0.472 e. The van der Waals surface area contributed by atoms with Gasteiger partial charge >= 0.3 is 5.91 Å².